The second kappa shape index (κ2) is 4.91. The molecular weight excluding hydrogens is 247 g/mol. The summed E-state index contributed by atoms with van der Waals surface area (Å²) in [6, 6.07) is 6.86. The topological polar surface area (TPSA) is 33.4 Å². The fourth-order valence-corrected chi connectivity index (χ4v) is 2.06. The van der Waals surface area contributed by atoms with E-state index in [-0.39, 0.29) is 0 Å². The zero-order valence-corrected chi connectivity index (χ0v) is 9.87. The SMILES string of the molecule is OC(Cc1ccoc1)c1cc(Cl)cc(Cl)c1. The van der Waals surface area contributed by atoms with Crippen LogP contribution >= 0.6 is 23.2 Å². The largest absolute Gasteiger partial charge is 0.472 e. The lowest BCUT2D eigenvalue weighted by Gasteiger charge is -2.10. The average molecular weight is 257 g/mol. The van der Waals surface area contributed by atoms with Crippen molar-refractivity contribution >= 4 is 23.2 Å². The highest BCUT2D eigenvalue weighted by Crippen LogP contribution is 2.25. The first kappa shape index (κ1) is 11.5. The Morgan fingerprint density at radius 2 is 1.88 bits per heavy atom. The predicted molar refractivity (Wildman–Crippen MR) is 63.8 cm³/mol. The van der Waals surface area contributed by atoms with Gasteiger partial charge in [-0.2, -0.15) is 0 Å². The number of aliphatic hydroxyl groups is 1. The van der Waals surface area contributed by atoms with Gasteiger partial charge in [0.2, 0.25) is 0 Å². The van der Waals surface area contributed by atoms with E-state index in [1.54, 1.807) is 30.7 Å². The summed E-state index contributed by atoms with van der Waals surface area (Å²) in [4.78, 5) is 0. The van der Waals surface area contributed by atoms with Crippen molar-refractivity contribution in [3.05, 3.63) is 58.0 Å². The normalized spacial score (nSPS) is 12.7. The second-order valence-corrected chi connectivity index (χ2v) is 4.43. The van der Waals surface area contributed by atoms with Crippen LogP contribution in [-0.4, -0.2) is 5.11 Å². The van der Waals surface area contributed by atoms with Gasteiger partial charge >= 0.3 is 0 Å². The molecule has 2 nitrogen and oxygen atoms in total. The average Bonchev–Trinajstić information content (AvgIpc) is 2.68. The van der Waals surface area contributed by atoms with E-state index in [1.165, 1.54) is 0 Å². The Bertz CT molecular complexity index is 446. The minimum absolute atomic E-state index is 0.479. The van der Waals surface area contributed by atoms with E-state index in [1.807, 2.05) is 6.07 Å². The van der Waals surface area contributed by atoms with Gasteiger partial charge in [-0.15, -0.1) is 0 Å². The molecule has 2 aromatic rings. The van der Waals surface area contributed by atoms with E-state index >= 15 is 0 Å². The summed E-state index contributed by atoms with van der Waals surface area (Å²) in [5, 5.41) is 11.0. The molecule has 0 fully saturated rings. The lowest BCUT2D eigenvalue weighted by molar-refractivity contribution is 0.178. The molecule has 1 heterocycles. The van der Waals surface area contributed by atoms with Gasteiger partial charge in [-0.05, 0) is 35.4 Å². The van der Waals surface area contributed by atoms with Crippen molar-refractivity contribution < 1.29 is 9.52 Å². The Labute approximate surface area is 103 Å². The monoisotopic (exact) mass is 256 g/mol. The Morgan fingerprint density at radius 3 is 2.44 bits per heavy atom. The smallest absolute Gasteiger partial charge is 0.0935 e. The number of aliphatic hydroxyl groups excluding tert-OH is 1. The number of rotatable bonds is 3. The molecule has 0 spiro atoms. The first-order valence-corrected chi connectivity index (χ1v) is 5.56. The first-order valence-electron chi connectivity index (χ1n) is 4.80. The summed E-state index contributed by atoms with van der Waals surface area (Å²) in [5.41, 5.74) is 1.64. The Kier molecular flexibility index (Phi) is 3.54. The number of halogens is 2. The Balaban J connectivity index is 2.17. The summed E-state index contributed by atoms with van der Waals surface area (Å²) in [6.07, 6.45) is 3.03. The van der Waals surface area contributed by atoms with Crippen molar-refractivity contribution in [2.75, 3.05) is 0 Å². The maximum atomic E-state index is 9.98. The fourth-order valence-electron chi connectivity index (χ4n) is 1.52. The number of hydrogen-bond donors (Lipinski definition) is 1. The molecule has 0 aliphatic heterocycles. The van der Waals surface area contributed by atoms with Crippen molar-refractivity contribution in [1.29, 1.82) is 0 Å². The third kappa shape index (κ3) is 2.79. The Morgan fingerprint density at radius 1 is 1.19 bits per heavy atom. The van der Waals surface area contributed by atoms with Crippen LogP contribution in [0.15, 0.2) is 41.2 Å². The lowest BCUT2D eigenvalue weighted by Crippen LogP contribution is -2.00. The van der Waals surface area contributed by atoms with Crippen LogP contribution in [0.2, 0.25) is 10.0 Å². The molecule has 1 aromatic carbocycles. The number of furan rings is 1. The molecule has 0 saturated heterocycles. The van der Waals surface area contributed by atoms with Crippen molar-refractivity contribution in [2.24, 2.45) is 0 Å². The van der Waals surface area contributed by atoms with Crippen LogP contribution in [0.3, 0.4) is 0 Å². The molecule has 0 saturated carbocycles. The van der Waals surface area contributed by atoms with E-state index in [4.69, 9.17) is 27.6 Å². The van der Waals surface area contributed by atoms with Crippen LogP contribution in [0, 0.1) is 0 Å². The molecule has 0 radical (unpaired) electrons. The predicted octanol–water partition coefficient (Wildman–Crippen LogP) is 3.86. The van der Waals surface area contributed by atoms with E-state index in [0.717, 1.165) is 5.56 Å². The van der Waals surface area contributed by atoms with Gasteiger partial charge in [-0.1, -0.05) is 23.2 Å². The molecule has 84 valence electrons. The summed E-state index contributed by atoms with van der Waals surface area (Å²) in [5.74, 6) is 0. The third-order valence-electron chi connectivity index (χ3n) is 2.28. The maximum absolute atomic E-state index is 9.98. The lowest BCUT2D eigenvalue weighted by atomic mass is 10.0. The second-order valence-electron chi connectivity index (χ2n) is 3.55. The number of benzene rings is 1. The molecule has 16 heavy (non-hydrogen) atoms. The molecule has 2 rings (SSSR count). The molecule has 0 aliphatic carbocycles. The van der Waals surface area contributed by atoms with Gasteiger partial charge < -0.3 is 9.52 Å². The van der Waals surface area contributed by atoms with Crippen LogP contribution in [-0.2, 0) is 6.42 Å². The van der Waals surface area contributed by atoms with Gasteiger partial charge in [0.05, 0.1) is 18.6 Å². The molecule has 1 aromatic heterocycles. The molecule has 0 bridgehead atoms. The minimum Gasteiger partial charge on any atom is -0.472 e. The van der Waals surface area contributed by atoms with Crippen molar-refractivity contribution in [3.8, 4) is 0 Å². The summed E-state index contributed by atoms with van der Waals surface area (Å²) in [6.45, 7) is 0. The zero-order valence-electron chi connectivity index (χ0n) is 8.36. The highest BCUT2D eigenvalue weighted by Gasteiger charge is 2.10. The van der Waals surface area contributed by atoms with Crippen molar-refractivity contribution in [1.82, 2.24) is 0 Å². The van der Waals surface area contributed by atoms with Crippen LogP contribution < -0.4 is 0 Å². The summed E-state index contributed by atoms with van der Waals surface area (Å²) < 4.78 is 4.94. The van der Waals surface area contributed by atoms with Crippen LogP contribution in [0.5, 0.6) is 0 Å². The van der Waals surface area contributed by atoms with Crippen LogP contribution in [0.4, 0.5) is 0 Å². The van der Waals surface area contributed by atoms with Gasteiger partial charge in [0, 0.05) is 16.5 Å². The van der Waals surface area contributed by atoms with Gasteiger partial charge in [-0.3, -0.25) is 0 Å². The van der Waals surface area contributed by atoms with E-state index in [0.29, 0.717) is 22.0 Å². The third-order valence-corrected chi connectivity index (χ3v) is 2.72. The number of hydrogen-bond acceptors (Lipinski definition) is 2. The van der Waals surface area contributed by atoms with Gasteiger partial charge in [-0.25, -0.2) is 0 Å². The van der Waals surface area contributed by atoms with Crippen molar-refractivity contribution in [2.45, 2.75) is 12.5 Å². The molecule has 0 aliphatic rings. The molecule has 0 amide bonds. The standard InChI is InChI=1S/C12H10Cl2O2/c13-10-4-9(5-11(14)6-10)12(15)3-8-1-2-16-7-8/h1-2,4-7,12,15H,3H2. The van der Waals surface area contributed by atoms with Gasteiger partial charge in [0.15, 0.2) is 0 Å². The fraction of sp³-hybridized carbons (Fsp3) is 0.167. The van der Waals surface area contributed by atoms with Crippen molar-refractivity contribution in [3.63, 3.8) is 0 Å². The molecule has 1 unspecified atom stereocenters. The molecule has 1 N–H and O–H groups in total. The van der Waals surface area contributed by atoms with Crippen LogP contribution in [0.1, 0.15) is 17.2 Å². The van der Waals surface area contributed by atoms with E-state index in [9.17, 15) is 5.11 Å². The molecule has 1 atom stereocenters. The van der Waals surface area contributed by atoms with Gasteiger partial charge in [0.1, 0.15) is 0 Å². The summed E-state index contributed by atoms with van der Waals surface area (Å²) in [7, 11) is 0. The highest BCUT2D eigenvalue weighted by atomic mass is 35.5. The van der Waals surface area contributed by atoms with E-state index in [2.05, 4.69) is 0 Å². The van der Waals surface area contributed by atoms with Crippen LogP contribution in [0.25, 0.3) is 0 Å². The quantitative estimate of drug-likeness (QED) is 0.905. The summed E-state index contributed by atoms with van der Waals surface area (Å²) >= 11 is 11.7. The first-order chi connectivity index (χ1) is 7.65. The molecular formula is C12H10Cl2O2. The minimum atomic E-state index is -0.631. The van der Waals surface area contributed by atoms with Gasteiger partial charge in [0.25, 0.3) is 0 Å². The van der Waals surface area contributed by atoms with E-state index < -0.39 is 6.10 Å². The zero-order chi connectivity index (χ0) is 11.5. The molecule has 4 heteroatoms. The highest BCUT2D eigenvalue weighted by molar-refractivity contribution is 6.34. The Hall–Kier alpha value is -0.960. The maximum Gasteiger partial charge on any atom is 0.0935 e.